The van der Waals surface area contributed by atoms with Gasteiger partial charge in [0.05, 0.1) is 4.90 Å². The highest BCUT2D eigenvalue weighted by atomic mass is 79.9. The minimum atomic E-state index is -3.73. The average molecular weight is 451 g/mol. The van der Waals surface area contributed by atoms with Gasteiger partial charge in [-0.2, -0.15) is 4.31 Å². The lowest BCUT2D eigenvalue weighted by atomic mass is 10.0. The van der Waals surface area contributed by atoms with Crippen LogP contribution in [0, 0.1) is 13.8 Å². The van der Waals surface area contributed by atoms with E-state index in [1.165, 1.54) is 4.31 Å². The molecule has 5 nitrogen and oxygen atoms in total. The molecule has 0 saturated carbocycles. The molecule has 2 aromatic rings. The van der Waals surface area contributed by atoms with Crippen molar-refractivity contribution in [2.45, 2.75) is 44.0 Å². The summed E-state index contributed by atoms with van der Waals surface area (Å²) in [6, 6.07) is 11.5. The number of aryl methyl sites for hydroxylation is 2. The van der Waals surface area contributed by atoms with Crippen molar-refractivity contribution in [1.29, 1.82) is 0 Å². The predicted octanol–water partition coefficient (Wildman–Crippen LogP) is 4.25. The fourth-order valence-electron chi connectivity index (χ4n) is 3.24. The monoisotopic (exact) mass is 450 g/mol. The summed E-state index contributed by atoms with van der Waals surface area (Å²) in [6.07, 6.45) is 2.10. The van der Waals surface area contributed by atoms with Crippen molar-refractivity contribution >= 4 is 37.5 Å². The van der Waals surface area contributed by atoms with Gasteiger partial charge in [-0.15, -0.1) is 0 Å². The lowest BCUT2D eigenvalue weighted by molar-refractivity contribution is -0.120. The number of halogens is 1. The second-order valence-corrected chi connectivity index (χ2v) is 9.68. The first-order chi connectivity index (χ1) is 12.8. The third-order valence-corrected chi connectivity index (χ3v) is 7.40. The highest BCUT2D eigenvalue weighted by Crippen LogP contribution is 2.27. The molecular formula is C20H23BrN2O3S. The van der Waals surface area contributed by atoms with Gasteiger partial charge >= 0.3 is 0 Å². The van der Waals surface area contributed by atoms with Crippen LogP contribution in [0.1, 0.15) is 30.4 Å². The summed E-state index contributed by atoms with van der Waals surface area (Å²) in [6.45, 7) is 4.34. The Labute approximate surface area is 169 Å². The number of benzene rings is 2. The summed E-state index contributed by atoms with van der Waals surface area (Å²) in [5.74, 6) is -0.279. The van der Waals surface area contributed by atoms with Gasteiger partial charge < -0.3 is 5.32 Å². The fraction of sp³-hybridized carbons (Fsp3) is 0.350. The van der Waals surface area contributed by atoms with E-state index in [1.54, 1.807) is 24.3 Å². The third kappa shape index (κ3) is 4.42. The maximum atomic E-state index is 13.1. The Bertz CT molecular complexity index is 942. The van der Waals surface area contributed by atoms with Crippen LogP contribution in [0.2, 0.25) is 0 Å². The highest BCUT2D eigenvalue weighted by molar-refractivity contribution is 9.10. The Hall–Kier alpha value is -1.70. The number of sulfonamides is 1. The molecule has 144 valence electrons. The van der Waals surface area contributed by atoms with Gasteiger partial charge in [0.15, 0.2) is 0 Å². The summed E-state index contributed by atoms with van der Waals surface area (Å²) in [5, 5.41) is 2.89. The van der Waals surface area contributed by atoms with Gasteiger partial charge in [-0.1, -0.05) is 28.4 Å². The van der Waals surface area contributed by atoms with Crippen molar-refractivity contribution < 1.29 is 13.2 Å². The van der Waals surface area contributed by atoms with Crippen molar-refractivity contribution in [3.63, 3.8) is 0 Å². The smallest absolute Gasteiger partial charge is 0.243 e. The lowest BCUT2D eigenvalue weighted by Gasteiger charge is -2.33. The van der Waals surface area contributed by atoms with Gasteiger partial charge in [-0.05, 0) is 74.2 Å². The molecular weight excluding hydrogens is 428 g/mol. The first-order valence-electron chi connectivity index (χ1n) is 8.94. The van der Waals surface area contributed by atoms with E-state index in [0.717, 1.165) is 28.4 Å². The average Bonchev–Trinajstić information content (AvgIpc) is 2.65. The van der Waals surface area contributed by atoms with E-state index in [2.05, 4.69) is 21.2 Å². The molecule has 7 heteroatoms. The van der Waals surface area contributed by atoms with Crippen LogP contribution in [0.4, 0.5) is 5.69 Å². The van der Waals surface area contributed by atoms with Crippen molar-refractivity contribution in [1.82, 2.24) is 4.31 Å². The van der Waals surface area contributed by atoms with E-state index >= 15 is 0 Å². The van der Waals surface area contributed by atoms with Gasteiger partial charge in [-0.3, -0.25) is 4.79 Å². The van der Waals surface area contributed by atoms with Gasteiger partial charge in [0, 0.05) is 16.7 Å². The Balaban J connectivity index is 1.85. The number of piperidine rings is 1. The lowest BCUT2D eigenvalue weighted by Crippen LogP contribution is -2.49. The molecule has 1 saturated heterocycles. The van der Waals surface area contributed by atoms with Crippen LogP contribution in [0.15, 0.2) is 51.8 Å². The molecule has 1 aliphatic rings. The van der Waals surface area contributed by atoms with E-state index in [9.17, 15) is 13.2 Å². The Morgan fingerprint density at radius 3 is 2.44 bits per heavy atom. The molecule has 3 rings (SSSR count). The molecule has 0 aliphatic carbocycles. The van der Waals surface area contributed by atoms with Gasteiger partial charge in [0.1, 0.15) is 6.04 Å². The van der Waals surface area contributed by atoms with E-state index in [0.29, 0.717) is 18.7 Å². The van der Waals surface area contributed by atoms with Crippen LogP contribution in [0.5, 0.6) is 0 Å². The molecule has 2 aromatic carbocycles. The first kappa shape index (κ1) is 20.0. The standard InChI is InChI=1S/C20H23BrN2O3S/c1-14-6-9-17(13-15(14)2)22-20(24)19-5-3-4-12-23(19)27(25,26)18-10-7-16(21)8-11-18/h6-11,13,19H,3-5,12H2,1-2H3,(H,22,24)/t19-/m0/s1. The summed E-state index contributed by atoms with van der Waals surface area (Å²) in [5.41, 5.74) is 2.91. The molecule has 1 heterocycles. The Kier molecular flexibility index (Phi) is 6.03. The minimum Gasteiger partial charge on any atom is -0.325 e. The van der Waals surface area contributed by atoms with Crippen LogP contribution in [0.25, 0.3) is 0 Å². The molecule has 0 aromatic heterocycles. The number of carbonyl (C=O) groups is 1. The topological polar surface area (TPSA) is 66.5 Å². The molecule has 1 aliphatic heterocycles. The molecule has 1 amide bonds. The molecule has 0 radical (unpaired) electrons. The summed E-state index contributed by atoms with van der Waals surface area (Å²) >= 11 is 3.32. The van der Waals surface area contributed by atoms with Crippen LogP contribution in [-0.4, -0.2) is 31.2 Å². The van der Waals surface area contributed by atoms with Crippen molar-refractivity contribution in [3.05, 3.63) is 58.1 Å². The third-order valence-electron chi connectivity index (χ3n) is 4.95. The van der Waals surface area contributed by atoms with Crippen LogP contribution < -0.4 is 5.32 Å². The number of rotatable bonds is 4. The molecule has 1 atom stereocenters. The number of amides is 1. The molecule has 27 heavy (non-hydrogen) atoms. The number of hydrogen-bond acceptors (Lipinski definition) is 3. The number of carbonyl (C=O) groups excluding carboxylic acids is 1. The molecule has 0 unspecified atom stereocenters. The normalized spacial score (nSPS) is 18.3. The number of nitrogens with one attached hydrogen (secondary N) is 1. The van der Waals surface area contributed by atoms with Crippen molar-refractivity contribution in [2.75, 3.05) is 11.9 Å². The van der Waals surface area contributed by atoms with Crippen LogP contribution >= 0.6 is 15.9 Å². The molecule has 1 N–H and O–H groups in total. The number of hydrogen-bond donors (Lipinski definition) is 1. The van der Waals surface area contributed by atoms with E-state index in [-0.39, 0.29) is 10.8 Å². The minimum absolute atomic E-state index is 0.205. The van der Waals surface area contributed by atoms with E-state index in [1.807, 2.05) is 32.0 Å². The van der Waals surface area contributed by atoms with Crippen LogP contribution in [0.3, 0.4) is 0 Å². The zero-order valence-electron chi connectivity index (χ0n) is 15.4. The number of anilines is 1. The SMILES string of the molecule is Cc1ccc(NC(=O)[C@@H]2CCCCN2S(=O)(=O)c2ccc(Br)cc2)cc1C. The van der Waals surface area contributed by atoms with E-state index in [4.69, 9.17) is 0 Å². The zero-order valence-corrected chi connectivity index (χ0v) is 17.8. The maximum Gasteiger partial charge on any atom is 0.243 e. The van der Waals surface area contributed by atoms with Crippen molar-refractivity contribution in [3.8, 4) is 0 Å². The maximum absolute atomic E-state index is 13.1. The van der Waals surface area contributed by atoms with Gasteiger partial charge in [0.25, 0.3) is 0 Å². The van der Waals surface area contributed by atoms with Crippen molar-refractivity contribution in [2.24, 2.45) is 0 Å². The number of nitrogens with zero attached hydrogens (tertiary/aromatic N) is 1. The van der Waals surface area contributed by atoms with Crippen LogP contribution in [-0.2, 0) is 14.8 Å². The highest BCUT2D eigenvalue weighted by Gasteiger charge is 2.37. The Morgan fingerprint density at radius 1 is 1.07 bits per heavy atom. The quantitative estimate of drug-likeness (QED) is 0.756. The summed E-state index contributed by atoms with van der Waals surface area (Å²) < 4.78 is 28.3. The molecule has 1 fully saturated rings. The summed E-state index contributed by atoms with van der Waals surface area (Å²) in [7, 11) is -3.73. The predicted molar refractivity (Wildman–Crippen MR) is 110 cm³/mol. The Morgan fingerprint density at radius 2 is 1.78 bits per heavy atom. The second-order valence-electron chi connectivity index (χ2n) is 6.87. The first-order valence-corrected chi connectivity index (χ1v) is 11.2. The van der Waals surface area contributed by atoms with Gasteiger partial charge in [0.2, 0.25) is 15.9 Å². The fourth-order valence-corrected chi connectivity index (χ4v) is 5.16. The largest absolute Gasteiger partial charge is 0.325 e. The molecule has 0 bridgehead atoms. The second kappa shape index (κ2) is 8.12. The van der Waals surface area contributed by atoms with E-state index < -0.39 is 16.1 Å². The molecule has 0 spiro atoms. The zero-order chi connectivity index (χ0) is 19.6. The summed E-state index contributed by atoms with van der Waals surface area (Å²) in [4.78, 5) is 13.1. The van der Waals surface area contributed by atoms with Gasteiger partial charge in [-0.25, -0.2) is 8.42 Å².